The molecule has 0 aromatic rings. The van der Waals surface area contributed by atoms with E-state index < -0.39 is 23.0 Å². The summed E-state index contributed by atoms with van der Waals surface area (Å²) in [5.41, 5.74) is 0. The maximum absolute atomic E-state index is 9.95. The number of rotatable bonds is 4. The normalized spacial score (nSPS) is 18.9. The second kappa shape index (κ2) is 4.25. The Labute approximate surface area is 64.8 Å². The maximum Gasteiger partial charge on any atom is 0.208 e. The molecule has 0 spiro atoms. The van der Waals surface area contributed by atoms with Crippen molar-refractivity contribution in [2.45, 2.75) is 26.1 Å². The summed E-state index contributed by atoms with van der Waals surface area (Å²) in [6, 6.07) is 0. The smallest absolute Gasteiger partial charge is 0.208 e. The molecule has 0 amide bonds. The van der Waals surface area contributed by atoms with Gasteiger partial charge in [0, 0.05) is 10.8 Å². The van der Waals surface area contributed by atoms with Crippen LogP contribution in [0.3, 0.4) is 0 Å². The lowest BCUT2D eigenvalue weighted by Gasteiger charge is -2.17. The van der Waals surface area contributed by atoms with Crippen LogP contribution >= 0.6 is 0 Å². The first-order chi connectivity index (χ1) is 4.95. The first-order valence-corrected chi connectivity index (χ1v) is 3.43. The Morgan fingerprint density at radius 1 is 1.45 bits per heavy atom. The van der Waals surface area contributed by atoms with Gasteiger partial charge < -0.3 is 10.2 Å². The molecule has 3 unspecified atom stereocenters. The molecule has 0 aromatic heterocycles. The molecule has 0 aromatic carbocycles. The predicted molar refractivity (Wildman–Crippen MR) is 38.7 cm³/mol. The summed E-state index contributed by atoms with van der Waals surface area (Å²) in [6.07, 6.45) is -1.93. The van der Waals surface area contributed by atoms with Crippen molar-refractivity contribution in [1.82, 2.24) is 0 Å². The number of nitro groups is 1. The average molecular weight is 163 g/mol. The first kappa shape index (κ1) is 10.3. The Bertz CT molecular complexity index is 137. The summed E-state index contributed by atoms with van der Waals surface area (Å²) in [4.78, 5) is 9.45. The third kappa shape index (κ3) is 3.90. The van der Waals surface area contributed by atoms with E-state index in [-0.39, 0.29) is 6.54 Å². The second-order valence-electron chi connectivity index (χ2n) is 2.72. The minimum atomic E-state index is -1.01. The molecule has 2 N–H and O–H groups in total. The van der Waals surface area contributed by atoms with Gasteiger partial charge in [-0.2, -0.15) is 0 Å². The van der Waals surface area contributed by atoms with Gasteiger partial charge in [-0.05, 0) is 6.92 Å². The van der Waals surface area contributed by atoms with Gasteiger partial charge in [0.2, 0.25) is 6.54 Å². The van der Waals surface area contributed by atoms with Gasteiger partial charge in [0.1, 0.15) is 0 Å². The van der Waals surface area contributed by atoms with Crippen LogP contribution in [0.15, 0.2) is 0 Å². The fourth-order valence-corrected chi connectivity index (χ4v) is 0.819. The van der Waals surface area contributed by atoms with Crippen molar-refractivity contribution >= 4 is 0 Å². The van der Waals surface area contributed by atoms with E-state index >= 15 is 0 Å². The number of hydrogen-bond acceptors (Lipinski definition) is 4. The monoisotopic (exact) mass is 163 g/mol. The van der Waals surface area contributed by atoms with Crippen molar-refractivity contribution in [3.8, 4) is 0 Å². The molecule has 66 valence electrons. The van der Waals surface area contributed by atoms with E-state index in [2.05, 4.69) is 0 Å². The highest BCUT2D eigenvalue weighted by atomic mass is 16.6. The molecule has 0 saturated heterocycles. The number of aliphatic hydroxyl groups is 2. The molecule has 0 heterocycles. The SMILES string of the molecule is CC(O)C(O)C(C)C[N+](=O)[O-]. The summed E-state index contributed by atoms with van der Waals surface area (Å²) < 4.78 is 0. The molecule has 0 radical (unpaired) electrons. The lowest BCUT2D eigenvalue weighted by molar-refractivity contribution is -0.490. The highest BCUT2D eigenvalue weighted by Gasteiger charge is 2.23. The van der Waals surface area contributed by atoms with E-state index in [0.29, 0.717) is 0 Å². The summed E-state index contributed by atoms with van der Waals surface area (Å²) >= 11 is 0. The summed E-state index contributed by atoms with van der Waals surface area (Å²) in [5.74, 6) is -0.509. The van der Waals surface area contributed by atoms with Crippen molar-refractivity contribution in [1.29, 1.82) is 0 Å². The van der Waals surface area contributed by atoms with Crippen LogP contribution in [-0.4, -0.2) is 33.9 Å². The van der Waals surface area contributed by atoms with E-state index in [0.717, 1.165) is 0 Å². The van der Waals surface area contributed by atoms with E-state index in [1.54, 1.807) is 0 Å². The summed E-state index contributed by atoms with van der Waals surface area (Å²) in [6.45, 7) is 2.62. The van der Waals surface area contributed by atoms with Crippen molar-refractivity contribution in [3.05, 3.63) is 10.1 Å². The molecule has 0 aliphatic heterocycles. The molecular weight excluding hydrogens is 150 g/mol. The summed E-state index contributed by atoms with van der Waals surface area (Å²) in [5, 5.41) is 27.9. The largest absolute Gasteiger partial charge is 0.391 e. The third-order valence-corrected chi connectivity index (χ3v) is 1.51. The van der Waals surface area contributed by atoms with Crippen LogP contribution in [0.4, 0.5) is 0 Å². The zero-order chi connectivity index (χ0) is 9.02. The van der Waals surface area contributed by atoms with Crippen LogP contribution in [0.5, 0.6) is 0 Å². The van der Waals surface area contributed by atoms with E-state index in [1.807, 2.05) is 0 Å². The standard InChI is InChI=1S/C6H13NO4/c1-4(3-7(10)11)6(9)5(2)8/h4-6,8-9H,3H2,1-2H3. The molecule has 5 heteroatoms. The molecule has 0 saturated carbocycles. The van der Waals surface area contributed by atoms with Gasteiger partial charge in [0.25, 0.3) is 0 Å². The summed E-state index contributed by atoms with van der Waals surface area (Å²) in [7, 11) is 0. The van der Waals surface area contributed by atoms with Gasteiger partial charge >= 0.3 is 0 Å². The van der Waals surface area contributed by atoms with Gasteiger partial charge in [-0.15, -0.1) is 0 Å². The molecule has 0 rings (SSSR count). The van der Waals surface area contributed by atoms with Crippen molar-refractivity contribution in [2.75, 3.05) is 6.54 Å². The fraction of sp³-hybridized carbons (Fsp3) is 1.00. The lowest BCUT2D eigenvalue weighted by atomic mass is 10.0. The van der Waals surface area contributed by atoms with Gasteiger partial charge in [0.15, 0.2) is 0 Å². The van der Waals surface area contributed by atoms with Crippen LogP contribution in [0, 0.1) is 16.0 Å². The van der Waals surface area contributed by atoms with Crippen LogP contribution in [0.2, 0.25) is 0 Å². The zero-order valence-electron chi connectivity index (χ0n) is 6.60. The zero-order valence-corrected chi connectivity index (χ0v) is 6.60. The quantitative estimate of drug-likeness (QED) is 0.438. The molecule has 0 aliphatic carbocycles. The number of nitrogens with zero attached hydrogens (tertiary/aromatic N) is 1. The van der Waals surface area contributed by atoms with E-state index in [9.17, 15) is 10.1 Å². The van der Waals surface area contributed by atoms with Crippen LogP contribution in [-0.2, 0) is 0 Å². The van der Waals surface area contributed by atoms with Gasteiger partial charge in [-0.1, -0.05) is 6.92 Å². The van der Waals surface area contributed by atoms with Gasteiger partial charge in [-0.3, -0.25) is 10.1 Å². The molecule has 11 heavy (non-hydrogen) atoms. The van der Waals surface area contributed by atoms with Crippen molar-refractivity contribution in [3.63, 3.8) is 0 Å². The van der Waals surface area contributed by atoms with Crippen LogP contribution in [0.25, 0.3) is 0 Å². The average Bonchev–Trinajstić information content (AvgIpc) is 1.84. The topological polar surface area (TPSA) is 83.6 Å². The molecule has 0 bridgehead atoms. The molecule has 3 atom stereocenters. The van der Waals surface area contributed by atoms with Gasteiger partial charge in [0.05, 0.1) is 12.2 Å². The van der Waals surface area contributed by atoms with E-state index in [1.165, 1.54) is 13.8 Å². The first-order valence-electron chi connectivity index (χ1n) is 3.43. The Hall–Kier alpha value is -0.680. The lowest BCUT2D eigenvalue weighted by Crippen LogP contribution is -2.33. The second-order valence-corrected chi connectivity index (χ2v) is 2.72. The molecule has 0 aliphatic rings. The minimum absolute atomic E-state index is 0.313. The molecular formula is C6H13NO4. The third-order valence-electron chi connectivity index (χ3n) is 1.51. The van der Waals surface area contributed by atoms with E-state index in [4.69, 9.17) is 10.2 Å². The highest BCUT2D eigenvalue weighted by Crippen LogP contribution is 2.06. The van der Waals surface area contributed by atoms with Crippen molar-refractivity contribution < 1.29 is 15.1 Å². The molecule has 0 fully saturated rings. The minimum Gasteiger partial charge on any atom is -0.391 e. The van der Waals surface area contributed by atoms with Gasteiger partial charge in [-0.25, -0.2) is 0 Å². The van der Waals surface area contributed by atoms with Crippen LogP contribution in [0.1, 0.15) is 13.8 Å². The Kier molecular flexibility index (Phi) is 3.99. The predicted octanol–water partition coefficient (Wildman–Crippen LogP) is -0.359. The molecule has 5 nitrogen and oxygen atoms in total. The Balaban J connectivity index is 3.82. The Morgan fingerprint density at radius 3 is 2.18 bits per heavy atom. The Morgan fingerprint density at radius 2 is 1.91 bits per heavy atom. The number of aliphatic hydroxyl groups excluding tert-OH is 2. The van der Waals surface area contributed by atoms with Crippen LogP contribution < -0.4 is 0 Å². The van der Waals surface area contributed by atoms with Crippen molar-refractivity contribution in [2.24, 2.45) is 5.92 Å². The maximum atomic E-state index is 9.95. The fourth-order valence-electron chi connectivity index (χ4n) is 0.819. The highest BCUT2D eigenvalue weighted by molar-refractivity contribution is 4.68. The number of hydrogen-bond donors (Lipinski definition) is 2.